The fourth-order valence-corrected chi connectivity index (χ4v) is 2.63. The highest BCUT2D eigenvalue weighted by molar-refractivity contribution is 5.76. The Bertz CT molecular complexity index is 509. The van der Waals surface area contributed by atoms with Crippen molar-refractivity contribution in [2.24, 2.45) is 0 Å². The van der Waals surface area contributed by atoms with Gasteiger partial charge >= 0.3 is 0 Å². The van der Waals surface area contributed by atoms with E-state index in [1.807, 2.05) is 6.33 Å². The van der Waals surface area contributed by atoms with Crippen molar-refractivity contribution in [3.63, 3.8) is 0 Å². The van der Waals surface area contributed by atoms with E-state index in [-0.39, 0.29) is 0 Å². The Morgan fingerprint density at radius 1 is 1.41 bits per heavy atom. The molecule has 0 aliphatic carbocycles. The summed E-state index contributed by atoms with van der Waals surface area (Å²) in [7, 11) is 0. The summed E-state index contributed by atoms with van der Waals surface area (Å²) in [5.41, 5.74) is 3.67. The second kappa shape index (κ2) is 4.49. The van der Waals surface area contributed by atoms with Gasteiger partial charge in [0.15, 0.2) is 0 Å². The number of aryl methyl sites for hydroxylation is 1. The molecule has 0 bridgehead atoms. The lowest BCUT2D eigenvalue weighted by molar-refractivity contribution is 0.366. The topological polar surface area (TPSA) is 29.9 Å². The standard InChI is InChI=1S/C14H19N3/c1-11-5-6-13-14(8-11)17(10-16-13)9-12-4-2-3-7-15-12/h5-6,8,10,12,15H,2-4,7,9H2,1H3. The van der Waals surface area contributed by atoms with E-state index in [0.717, 1.165) is 18.6 Å². The molecular weight excluding hydrogens is 210 g/mol. The average Bonchev–Trinajstić information content (AvgIpc) is 2.73. The van der Waals surface area contributed by atoms with Gasteiger partial charge in [0.2, 0.25) is 0 Å². The number of nitrogens with one attached hydrogen (secondary N) is 1. The number of nitrogens with zero attached hydrogens (tertiary/aromatic N) is 2. The summed E-state index contributed by atoms with van der Waals surface area (Å²) in [6.07, 6.45) is 5.93. The van der Waals surface area contributed by atoms with Gasteiger partial charge in [0.1, 0.15) is 0 Å². The van der Waals surface area contributed by atoms with Crippen molar-refractivity contribution in [2.75, 3.05) is 6.54 Å². The van der Waals surface area contributed by atoms with Crippen molar-refractivity contribution >= 4 is 11.0 Å². The van der Waals surface area contributed by atoms with Gasteiger partial charge in [-0.15, -0.1) is 0 Å². The zero-order valence-electron chi connectivity index (χ0n) is 10.3. The second-order valence-corrected chi connectivity index (χ2v) is 5.04. The maximum Gasteiger partial charge on any atom is 0.0958 e. The molecule has 17 heavy (non-hydrogen) atoms. The molecule has 1 aliphatic heterocycles. The molecule has 2 aromatic rings. The van der Waals surface area contributed by atoms with Gasteiger partial charge in [-0.3, -0.25) is 0 Å². The van der Waals surface area contributed by atoms with Crippen molar-refractivity contribution in [1.82, 2.24) is 14.9 Å². The molecule has 3 nitrogen and oxygen atoms in total. The van der Waals surface area contributed by atoms with E-state index in [0.29, 0.717) is 6.04 Å². The zero-order chi connectivity index (χ0) is 11.7. The number of hydrogen-bond acceptors (Lipinski definition) is 2. The van der Waals surface area contributed by atoms with E-state index < -0.39 is 0 Å². The van der Waals surface area contributed by atoms with Crippen LogP contribution in [0.5, 0.6) is 0 Å². The quantitative estimate of drug-likeness (QED) is 0.857. The number of piperidine rings is 1. The van der Waals surface area contributed by atoms with Gasteiger partial charge < -0.3 is 9.88 Å². The van der Waals surface area contributed by atoms with Crippen LogP contribution in [0.25, 0.3) is 11.0 Å². The van der Waals surface area contributed by atoms with Crippen LogP contribution in [-0.4, -0.2) is 22.1 Å². The number of aromatic nitrogens is 2. The zero-order valence-corrected chi connectivity index (χ0v) is 10.3. The van der Waals surface area contributed by atoms with E-state index in [2.05, 4.69) is 40.0 Å². The van der Waals surface area contributed by atoms with Gasteiger partial charge in [-0.05, 0) is 44.0 Å². The Hall–Kier alpha value is -1.35. The largest absolute Gasteiger partial charge is 0.329 e. The highest BCUT2D eigenvalue weighted by atomic mass is 15.1. The summed E-state index contributed by atoms with van der Waals surface area (Å²) in [6, 6.07) is 7.07. The minimum Gasteiger partial charge on any atom is -0.329 e. The molecule has 1 aromatic heterocycles. The van der Waals surface area contributed by atoms with Gasteiger partial charge in [-0.25, -0.2) is 4.98 Å². The molecule has 0 spiro atoms. The fraction of sp³-hybridized carbons (Fsp3) is 0.500. The first-order valence-electron chi connectivity index (χ1n) is 6.48. The number of hydrogen-bond donors (Lipinski definition) is 1. The summed E-state index contributed by atoms with van der Waals surface area (Å²) in [5, 5.41) is 3.59. The maximum atomic E-state index is 4.46. The van der Waals surface area contributed by atoms with Crippen LogP contribution in [0.1, 0.15) is 24.8 Å². The molecule has 90 valence electrons. The summed E-state index contributed by atoms with van der Waals surface area (Å²) in [6.45, 7) is 4.34. The summed E-state index contributed by atoms with van der Waals surface area (Å²) in [5.74, 6) is 0. The lowest BCUT2D eigenvalue weighted by Gasteiger charge is -2.23. The van der Waals surface area contributed by atoms with Crippen LogP contribution < -0.4 is 5.32 Å². The number of rotatable bonds is 2. The average molecular weight is 229 g/mol. The molecule has 1 N–H and O–H groups in total. The Morgan fingerprint density at radius 2 is 2.35 bits per heavy atom. The van der Waals surface area contributed by atoms with Gasteiger partial charge in [-0.2, -0.15) is 0 Å². The number of fused-ring (bicyclic) bond motifs is 1. The molecule has 1 saturated heterocycles. The second-order valence-electron chi connectivity index (χ2n) is 5.04. The SMILES string of the molecule is Cc1ccc2ncn(CC3CCCCN3)c2c1. The minimum absolute atomic E-state index is 0.613. The van der Waals surface area contributed by atoms with Crippen LogP contribution in [0, 0.1) is 6.92 Å². The van der Waals surface area contributed by atoms with E-state index >= 15 is 0 Å². The van der Waals surface area contributed by atoms with Crippen LogP contribution in [0.3, 0.4) is 0 Å². The third kappa shape index (κ3) is 2.20. The first-order valence-corrected chi connectivity index (χ1v) is 6.48. The van der Waals surface area contributed by atoms with E-state index in [1.165, 1.54) is 30.3 Å². The Balaban J connectivity index is 1.86. The van der Waals surface area contributed by atoms with Crippen LogP contribution in [0.2, 0.25) is 0 Å². The normalized spacial score (nSPS) is 20.9. The van der Waals surface area contributed by atoms with Crippen molar-refractivity contribution in [3.05, 3.63) is 30.1 Å². The van der Waals surface area contributed by atoms with Gasteiger partial charge in [0, 0.05) is 12.6 Å². The molecule has 1 atom stereocenters. The number of imidazole rings is 1. The summed E-state index contributed by atoms with van der Waals surface area (Å²) < 4.78 is 2.28. The molecule has 1 aromatic carbocycles. The molecule has 1 unspecified atom stereocenters. The fourth-order valence-electron chi connectivity index (χ4n) is 2.63. The van der Waals surface area contributed by atoms with E-state index in [9.17, 15) is 0 Å². The van der Waals surface area contributed by atoms with Crippen LogP contribution in [-0.2, 0) is 6.54 Å². The molecule has 2 heterocycles. The molecule has 3 rings (SSSR count). The Labute approximate surface area is 102 Å². The molecule has 0 radical (unpaired) electrons. The van der Waals surface area contributed by atoms with Crippen molar-refractivity contribution < 1.29 is 0 Å². The van der Waals surface area contributed by atoms with Gasteiger partial charge in [-0.1, -0.05) is 12.5 Å². The van der Waals surface area contributed by atoms with Crippen LogP contribution >= 0.6 is 0 Å². The monoisotopic (exact) mass is 229 g/mol. The van der Waals surface area contributed by atoms with Crippen molar-refractivity contribution in [1.29, 1.82) is 0 Å². The first-order chi connectivity index (χ1) is 8.33. The highest BCUT2D eigenvalue weighted by Gasteiger charge is 2.14. The van der Waals surface area contributed by atoms with E-state index in [4.69, 9.17) is 0 Å². The Kier molecular flexibility index (Phi) is 2.85. The van der Waals surface area contributed by atoms with Crippen molar-refractivity contribution in [3.8, 4) is 0 Å². The van der Waals surface area contributed by atoms with Gasteiger partial charge in [0.25, 0.3) is 0 Å². The third-order valence-electron chi connectivity index (χ3n) is 3.61. The summed E-state index contributed by atoms with van der Waals surface area (Å²) in [4.78, 5) is 4.46. The predicted molar refractivity (Wildman–Crippen MR) is 70.1 cm³/mol. The minimum atomic E-state index is 0.613. The third-order valence-corrected chi connectivity index (χ3v) is 3.61. The lowest BCUT2D eigenvalue weighted by Crippen LogP contribution is -2.37. The molecular formula is C14H19N3. The predicted octanol–water partition coefficient (Wildman–Crippen LogP) is 2.49. The molecule has 0 amide bonds. The van der Waals surface area contributed by atoms with Crippen molar-refractivity contribution in [2.45, 2.75) is 38.8 Å². The molecule has 0 saturated carbocycles. The van der Waals surface area contributed by atoms with Crippen LogP contribution in [0.15, 0.2) is 24.5 Å². The lowest BCUT2D eigenvalue weighted by atomic mass is 10.1. The first kappa shape index (κ1) is 10.8. The molecule has 1 fully saturated rings. The molecule has 1 aliphatic rings. The highest BCUT2D eigenvalue weighted by Crippen LogP contribution is 2.17. The van der Waals surface area contributed by atoms with Gasteiger partial charge in [0.05, 0.1) is 17.4 Å². The smallest absolute Gasteiger partial charge is 0.0958 e. The van der Waals surface area contributed by atoms with Crippen LogP contribution in [0.4, 0.5) is 0 Å². The number of benzene rings is 1. The molecule has 3 heteroatoms. The van der Waals surface area contributed by atoms with E-state index in [1.54, 1.807) is 0 Å². The summed E-state index contributed by atoms with van der Waals surface area (Å²) >= 11 is 0. The maximum absolute atomic E-state index is 4.46. The Morgan fingerprint density at radius 3 is 3.18 bits per heavy atom.